The van der Waals surface area contributed by atoms with Crippen LogP contribution in [0.5, 0.6) is 0 Å². The molecule has 0 spiro atoms. The molecule has 1 heterocycles. The van der Waals surface area contributed by atoms with Crippen LogP contribution < -0.4 is 0 Å². The molecule has 1 saturated heterocycles. The van der Waals surface area contributed by atoms with Gasteiger partial charge in [-0.25, -0.2) is 8.42 Å². The van der Waals surface area contributed by atoms with Crippen LogP contribution in [-0.2, 0) is 10.0 Å². The van der Waals surface area contributed by atoms with Gasteiger partial charge in [0.05, 0.1) is 4.90 Å². The van der Waals surface area contributed by atoms with Gasteiger partial charge in [0.15, 0.2) is 0 Å². The fraction of sp³-hybridized carbons (Fsp3) is 0.556. The van der Waals surface area contributed by atoms with Gasteiger partial charge in [0.2, 0.25) is 0 Å². The van der Waals surface area contributed by atoms with Crippen molar-refractivity contribution in [3.05, 3.63) is 41.6 Å². The van der Waals surface area contributed by atoms with E-state index in [2.05, 4.69) is 6.08 Å². The summed E-state index contributed by atoms with van der Waals surface area (Å²) < 4.78 is 27.7. The van der Waals surface area contributed by atoms with E-state index < -0.39 is 10.0 Å². The average Bonchev–Trinajstić information content (AvgIpc) is 3.06. The number of aryl methyl sites for hydroxylation is 1. The second-order valence-electron chi connectivity index (χ2n) is 6.99. The molecule has 22 heavy (non-hydrogen) atoms. The van der Waals surface area contributed by atoms with Crippen molar-refractivity contribution in [3.8, 4) is 0 Å². The second-order valence-corrected chi connectivity index (χ2v) is 8.85. The third-order valence-electron chi connectivity index (χ3n) is 5.70. The predicted molar refractivity (Wildman–Crippen MR) is 86.7 cm³/mol. The first-order valence-electron chi connectivity index (χ1n) is 8.38. The molecule has 0 aromatic heterocycles. The number of nitrogens with zero attached hydrogens (tertiary/aromatic N) is 1. The van der Waals surface area contributed by atoms with Crippen molar-refractivity contribution in [2.24, 2.45) is 17.8 Å². The van der Waals surface area contributed by atoms with Crippen LogP contribution in [0.3, 0.4) is 0 Å². The number of hydrogen-bond acceptors (Lipinski definition) is 2. The van der Waals surface area contributed by atoms with Crippen LogP contribution in [0.15, 0.2) is 40.9 Å². The molecule has 4 heteroatoms. The van der Waals surface area contributed by atoms with Crippen LogP contribution in [0.4, 0.5) is 0 Å². The summed E-state index contributed by atoms with van der Waals surface area (Å²) in [6.45, 7) is 2.63. The number of rotatable bonds is 2. The first-order valence-corrected chi connectivity index (χ1v) is 9.82. The molecular weight excluding hydrogens is 294 g/mol. The van der Waals surface area contributed by atoms with Crippen molar-refractivity contribution in [1.29, 1.82) is 0 Å². The predicted octanol–water partition coefficient (Wildman–Crippen LogP) is 3.71. The van der Waals surface area contributed by atoms with E-state index in [0.29, 0.717) is 29.2 Å². The highest BCUT2D eigenvalue weighted by Crippen LogP contribution is 2.51. The highest BCUT2D eigenvalue weighted by Gasteiger charge is 2.46. The number of sulfonamides is 1. The van der Waals surface area contributed by atoms with Crippen molar-refractivity contribution in [2.75, 3.05) is 6.54 Å². The van der Waals surface area contributed by atoms with Crippen LogP contribution in [0.1, 0.15) is 37.7 Å². The minimum absolute atomic E-state index is 0.425. The Hall–Kier alpha value is -1.29. The molecule has 0 unspecified atom stereocenters. The third kappa shape index (κ3) is 2.11. The lowest BCUT2D eigenvalue weighted by molar-refractivity contribution is 0.244. The Labute approximate surface area is 133 Å². The Morgan fingerprint density at radius 2 is 1.77 bits per heavy atom. The number of allylic oxidation sites excluding steroid dienone is 2. The number of hydrogen-bond donors (Lipinski definition) is 0. The number of benzene rings is 1. The van der Waals surface area contributed by atoms with E-state index in [-0.39, 0.29) is 0 Å². The van der Waals surface area contributed by atoms with Gasteiger partial charge in [0.25, 0.3) is 10.0 Å². The summed E-state index contributed by atoms with van der Waals surface area (Å²) in [5, 5.41) is 0. The van der Waals surface area contributed by atoms with Gasteiger partial charge in [-0.1, -0.05) is 36.6 Å². The van der Waals surface area contributed by atoms with Crippen LogP contribution >= 0.6 is 0 Å². The minimum Gasteiger partial charge on any atom is -0.270 e. The quantitative estimate of drug-likeness (QED) is 0.834. The number of fused-ring (bicyclic) bond motifs is 3. The van der Waals surface area contributed by atoms with Crippen molar-refractivity contribution < 1.29 is 8.42 Å². The smallest absolute Gasteiger partial charge is 0.264 e. The molecule has 118 valence electrons. The van der Waals surface area contributed by atoms with E-state index in [1.165, 1.54) is 25.7 Å². The van der Waals surface area contributed by atoms with Gasteiger partial charge in [-0.3, -0.25) is 4.31 Å². The van der Waals surface area contributed by atoms with Gasteiger partial charge in [-0.15, -0.1) is 0 Å². The lowest BCUT2D eigenvalue weighted by atomic mass is 9.76. The van der Waals surface area contributed by atoms with Gasteiger partial charge in [-0.2, -0.15) is 0 Å². The second kappa shape index (κ2) is 5.12. The van der Waals surface area contributed by atoms with Crippen LogP contribution in [0, 0.1) is 24.7 Å². The first-order chi connectivity index (χ1) is 10.6. The van der Waals surface area contributed by atoms with Crippen LogP contribution in [0.25, 0.3) is 0 Å². The van der Waals surface area contributed by atoms with E-state index in [1.807, 2.05) is 19.1 Å². The van der Waals surface area contributed by atoms with Crippen LogP contribution in [0.2, 0.25) is 0 Å². The monoisotopic (exact) mass is 317 g/mol. The Morgan fingerprint density at radius 1 is 1.05 bits per heavy atom. The van der Waals surface area contributed by atoms with Gasteiger partial charge in [0.1, 0.15) is 0 Å². The van der Waals surface area contributed by atoms with Crippen molar-refractivity contribution >= 4 is 10.0 Å². The molecule has 1 saturated carbocycles. The molecule has 1 aromatic rings. The maximum absolute atomic E-state index is 13.0. The molecule has 1 aromatic carbocycles. The Morgan fingerprint density at radius 3 is 2.55 bits per heavy atom. The molecule has 3 atom stereocenters. The average molecular weight is 317 g/mol. The van der Waals surface area contributed by atoms with Gasteiger partial charge < -0.3 is 0 Å². The largest absolute Gasteiger partial charge is 0.270 e. The zero-order valence-corrected chi connectivity index (χ0v) is 13.8. The zero-order chi connectivity index (χ0) is 15.3. The summed E-state index contributed by atoms with van der Waals surface area (Å²) in [5.41, 5.74) is 2.18. The Kier molecular flexibility index (Phi) is 3.33. The highest BCUT2D eigenvalue weighted by molar-refractivity contribution is 7.89. The highest BCUT2D eigenvalue weighted by atomic mass is 32.2. The summed E-state index contributed by atoms with van der Waals surface area (Å²) in [7, 11) is -3.39. The maximum atomic E-state index is 13.0. The molecule has 2 aliphatic carbocycles. The zero-order valence-electron chi connectivity index (χ0n) is 13.0. The molecule has 3 aliphatic rings. The van der Waals surface area contributed by atoms with E-state index in [1.54, 1.807) is 16.4 Å². The maximum Gasteiger partial charge on any atom is 0.264 e. The molecule has 0 radical (unpaired) electrons. The van der Waals surface area contributed by atoms with E-state index >= 15 is 0 Å². The lowest BCUT2D eigenvalue weighted by Crippen LogP contribution is -2.27. The first kappa shape index (κ1) is 14.3. The van der Waals surface area contributed by atoms with Gasteiger partial charge in [-0.05, 0) is 50.2 Å². The normalized spacial score (nSPS) is 30.9. The van der Waals surface area contributed by atoms with E-state index in [4.69, 9.17) is 0 Å². The molecule has 3 nitrogen and oxygen atoms in total. The summed E-state index contributed by atoms with van der Waals surface area (Å²) in [5.74, 6) is 1.79. The fourth-order valence-electron chi connectivity index (χ4n) is 4.57. The molecule has 2 fully saturated rings. The van der Waals surface area contributed by atoms with Gasteiger partial charge in [0, 0.05) is 18.2 Å². The van der Waals surface area contributed by atoms with Crippen molar-refractivity contribution in [3.63, 3.8) is 0 Å². The van der Waals surface area contributed by atoms with Gasteiger partial charge >= 0.3 is 0 Å². The van der Waals surface area contributed by atoms with Crippen molar-refractivity contribution in [2.45, 2.75) is 43.9 Å². The molecule has 0 amide bonds. The van der Waals surface area contributed by atoms with Crippen molar-refractivity contribution in [1.82, 2.24) is 4.31 Å². The Bertz CT molecular complexity index is 705. The molecule has 0 N–H and O–H groups in total. The summed E-state index contributed by atoms with van der Waals surface area (Å²) >= 11 is 0. The third-order valence-corrected chi connectivity index (χ3v) is 7.54. The topological polar surface area (TPSA) is 37.4 Å². The molecule has 0 bridgehead atoms. The summed E-state index contributed by atoms with van der Waals surface area (Å²) in [6, 6.07) is 7.23. The standard InChI is InChI=1S/C18H23NO2S/c1-13-6-8-15(9-7-13)22(20,21)19-11-10-17-16-5-3-2-4-14(16)12-18(17)19/h6-9,12,14,16-17H,2-5,10-11H2,1H3/t14-,16+,17-/m0/s1. The Balaban J connectivity index is 1.67. The molecule has 1 aliphatic heterocycles. The summed E-state index contributed by atoms with van der Waals surface area (Å²) in [6.07, 6.45) is 8.40. The molecule has 4 rings (SSSR count). The van der Waals surface area contributed by atoms with E-state index in [0.717, 1.165) is 17.7 Å². The SMILES string of the molecule is Cc1ccc(S(=O)(=O)N2CC[C@@H]3C2=C[C@@H]2CCCC[C@H]23)cc1. The van der Waals surface area contributed by atoms with E-state index in [9.17, 15) is 8.42 Å². The summed E-state index contributed by atoms with van der Waals surface area (Å²) in [4.78, 5) is 0.425. The minimum atomic E-state index is -3.39. The lowest BCUT2D eigenvalue weighted by Gasteiger charge is -2.28. The van der Waals surface area contributed by atoms with Crippen LogP contribution in [-0.4, -0.2) is 19.3 Å². The fourth-order valence-corrected chi connectivity index (χ4v) is 6.12. The molecular formula is C18H23NO2S.